The molecule has 14 heavy (non-hydrogen) atoms. The number of carbonyl (C=O) groups is 1. The van der Waals surface area contributed by atoms with Crippen molar-refractivity contribution in [1.82, 2.24) is 0 Å². The molecule has 0 spiro atoms. The van der Waals surface area contributed by atoms with Crippen LogP contribution in [0.1, 0.15) is 27.7 Å². The van der Waals surface area contributed by atoms with Gasteiger partial charge < -0.3 is 5.84 Å². The fraction of sp³-hybridized carbons (Fsp3) is 0.556. The summed E-state index contributed by atoms with van der Waals surface area (Å²) in [7, 11) is 0. The first-order valence-electron chi connectivity index (χ1n) is 4.54. The van der Waals surface area contributed by atoms with E-state index in [1.165, 1.54) is 11.8 Å². The maximum Gasteiger partial charge on any atom is 0.322 e. The highest BCUT2D eigenvalue weighted by Gasteiger charge is 2.47. The van der Waals surface area contributed by atoms with E-state index >= 15 is 0 Å². The Balaban J connectivity index is 3.33. The van der Waals surface area contributed by atoms with Crippen LogP contribution in [0.2, 0.25) is 0 Å². The normalized spacial score (nSPS) is 30.1. The molecule has 0 aromatic rings. The van der Waals surface area contributed by atoms with Gasteiger partial charge in [0.2, 0.25) is 0 Å². The number of hydrazone groups is 1. The van der Waals surface area contributed by atoms with Crippen LogP contribution in [0, 0.1) is 0 Å². The Labute approximate surface area is 88.4 Å². The molecule has 2 N–H and O–H groups in total. The summed E-state index contributed by atoms with van der Waals surface area (Å²) >= 11 is 1.49. The van der Waals surface area contributed by atoms with Gasteiger partial charge in [-0.05, 0) is 25.6 Å². The lowest BCUT2D eigenvalue weighted by Crippen LogP contribution is -2.51. The number of amidine groups is 1. The van der Waals surface area contributed by atoms with Crippen molar-refractivity contribution in [2.45, 2.75) is 27.7 Å². The van der Waals surface area contributed by atoms with E-state index in [2.05, 4.69) is 5.10 Å². The summed E-state index contributed by atoms with van der Waals surface area (Å²) in [5, 5.41) is 4.40. The van der Waals surface area contributed by atoms with Gasteiger partial charge in [-0.1, -0.05) is 0 Å². The second kappa shape index (κ2) is 3.74. The van der Waals surface area contributed by atoms with E-state index in [4.69, 9.17) is 5.84 Å². The van der Waals surface area contributed by atoms with E-state index in [9.17, 15) is 4.79 Å². The van der Waals surface area contributed by atoms with E-state index in [0.717, 1.165) is 10.6 Å². The molecule has 0 aromatic carbocycles. The number of nitrogens with zero attached hydrogens (tertiary/aromatic N) is 2. The first kappa shape index (κ1) is 11.3. The average Bonchev–Trinajstić information content (AvgIpc) is 2.40. The van der Waals surface area contributed by atoms with E-state index in [1.807, 2.05) is 20.8 Å². The predicted molar refractivity (Wildman–Crippen MR) is 59.1 cm³/mol. The molecular formula is C9H16N3OS+. The topological polar surface area (TPSA) is 55.5 Å². The van der Waals surface area contributed by atoms with Gasteiger partial charge in [0.1, 0.15) is 5.70 Å². The molecule has 1 rings (SSSR count). The van der Waals surface area contributed by atoms with Gasteiger partial charge in [0.25, 0.3) is 5.17 Å². The van der Waals surface area contributed by atoms with E-state index in [1.54, 1.807) is 6.92 Å². The molecule has 1 heterocycles. The zero-order valence-electron chi connectivity index (χ0n) is 9.00. The molecule has 1 unspecified atom stereocenters. The first-order valence-corrected chi connectivity index (χ1v) is 5.35. The summed E-state index contributed by atoms with van der Waals surface area (Å²) in [6, 6.07) is 0. The first-order chi connectivity index (χ1) is 6.50. The minimum Gasteiger partial charge on any atom is -0.317 e. The summed E-state index contributed by atoms with van der Waals surface area (Å²) in [4.78, 5) is 12.8. The lowest BCUT2D eigenvalue weighted by Gasteiger charge is -2.28. The van der Waals surface area contributed by atoms with Gasteiger partial charge in [0, 0.05) is 6.92 Å². The summed E-state index contributed by atoms with van der Waals surface area (Å²) in [6.07, 6.45) is 0. The lowest BCUT2D eigenvalue weighted by molar-refractivity contribution is -0.714. The molecule has 1 aliphatic heterocycles. The Kier molecular flexibility index (Phi) is 3.01. The van der Waals surface area contributed by atoms with Crippen LogP contribution in [0.4, 0.5) is 0 Å². The second-order valence-corrected chi connectivity index (χ2v) is 4.48. The summed E-state index contributed by atoms with van der Waals surface area (Å²) < 4.78 is 0.187. The van der Waals surface area contributed by atoms with Crippen LogP contribution < -0.4 is 5.84 Å². The molecule has 78 valence electrons. The molecule has 1 amide bonds. The highest BCUT2D eigenvalue weighted by Crippen LogP contribution is 2.40. The fourth-order valence-corrected chi connectivity index (χ4v) is 2.97. The molecule has 1 atom stereocenters. The maximum absolute atomic E-state index is 11.7. The number of rotatable bonds is 1. The molecule has 0 saturated heterocycles. The van der Waals surface area contributed by atoms with Crippen LogP contribution in [0.5, 0.6) is 0 Å². The molecule has 0 aliphatic carbocycles. The monoisotopic (exact) mass is 214 g/mol. The largest absolute Gasteiger partial charge is 0.322 e. The van der Waals surface area contributed by atoms with Crippen molar-refractivity contribution >= 4 is 22.8 Å². The van der Waals surface area contributed by atoms with Crippen molar-refractivity contribution in [3.8, 4) is 0 Å². The Morgan fingerprint density at radius 1 is 1.57 bits per heavy atom. The van der Waals surface area contributed by atoms with Crippen molar-refractivity contribution in [2.24, 2.45) is 10.9 Å². The van der Waals surface area contributed by atoms with Crippen molar-refractivity contribution in [1.29, 1.82) is 0 Å². The molecule has 5 heteroatoms. The predicted octanol–water partition coefficient (Wildman–Crippen LogP) is 1.60. The minimum atomic E-state index is 0.0681. The van der Waals surface area contributed by atoms with Crippen LogP contribution >= 0.6 is 11.8 Å². The summed E-state index contributed by atoms with van der Waals surface area (Å²) in [6.45, 7) is 8.17. The number of amides is 1. The number of hydrogen-bond donors (Lipinski definition) is 1. The van der Waals surface area contributed by atoms with E-state index < -0.39 is 0 Å². The van der Waals surface area contributed by atoms with Gasteiger partial charge in [0.15, 0.2) is 0 Å². The standard InChI is InChI=1S/C9H16N3OS/c1-5-12(8(4)13)6(2)7(3)14-9(12)11-10/h5,10H2,1-4H3/q+1. The molecule has 0 saturated carbocycles. The third-order valence-corrected chi connectivity index (χ3v) is 3.98. The highest BCUT2D eigenvalue weighted by molar-refractivity contribution is 8.17. The summed E-state index contributed by atoms with van der Waals surface area (Å²) in [5.74, 6) is 5.39. The Hall–Kier alpha value is -0.810. The van der Waals surface area contributed by atoms with Crippen LogP contribution in [-0.2, 0) is 4.79 Å². The van der Waals surface area contributed by atoms with Crippen LogP contribution in [0.3, 0.4) is 0 Å². The number of allylic oxidation sites excluding steroid dienone is 2. The molecule has 1 aliphatic rings. The molecule has 0 radical (unpaired) electrons. The van der Waals surface area contributed by atoms with Gasteiger partial charge >= 0.3 is 5.91 Å². The fourth-order valence-electron chi connectivity index (χ4n) is 1.79. The third kappa shape index (κ3) is 1.27. The number of hydrogen-bond acceptors (Lipinski definition) is 4. The van der Waals surface area contributed by atoms with Gasteiger partial charge in [-0.3, -0.25) is 0 Å². The number of thioether (sulfide) groups is 1. The van der Waals surface area contributed by atoms with Gasteiger partial charge in [-0.25, -0.2) is 4.79 Å². The molecule has 0 fully saturated rings. The maximum atomic E-state index is 11.7. The van der Waals surface area contributed by atoms with Crippen molar-refractivity contribution < 1.29 is 9.28 Å². The van der Waals surface area contributed by atoms with E-state index in [-0.39, 0.29) is 10.4 Å². The summed E-state index contributed by atoms with van der Waals surface area (Å²) in [5.41, 5.74) is 1.04. The molecule has 0 aromatic heterocycles. The highest BCUT2D eigenvalue weighted by atomic mass is 32.2. The molecular weight excluding hydrogens is 198 g/mol. The zero-order valence-corrected chi connectivity index (χ0v) is 9.81. The van der Waals surface area contributed by atoms with Crippen LogP contribution in [-0.4, -0.2) is 22.1 Å². The number of carbonyl (C=O) groups excluding carboxylic acids is 1. The van der Waals surface area contributed by atoms with Crippen molar-refractivity contribution in [3.63, 3.8) is 0 Å². The second-order valence-electron chi connectivity index (χ2n) is 3.30. The SMILES string of the molecule is CC[N+]1(C(C)=O)C(=NN)SC(C)=C1C. The van der Waals surface area contributed by atoms with Crippen LogP contribution in [0.25, 0.3) is 0 Å². The average molecular weight is 214 g/mol. The van der Waals surface area contributed by atoms with Gasteiger partial charge in [-0.2, -0.15) is 4.48 Å². The minimum absolute atomic E-state index is 0.0681. The van der Waals surface area contributed by atoms with Gasteiger partial charge in [-0.15, -0.1) is 5.10 Å². The van der Waals surface area contributed by atoms with Crippen molar-refractivity contribution in [2.75, 3.05) is 6.54 Å². The zero-order chi connectivity index (χ0) is 10.9. The number of nitrogens with two attached hydrogens (primary N) is 1. The molecule has 4 nitrogen and oxygen atoms in total. The Morgan fingerprint density at radius 2 is 2.14 bits per heavy atom. The van der Waals surface area contributed by atoms with E-state index in [0.29, 0.717) is 11.7 Å². The Morgan fingerprint density at radius 3 is 2.43 bits per heavy atom. The lowest BCUT2D eigenvalue weighted by atomic mass is 10.3. The Bertz CT molecular complexity index is 335. The van der Waals surface area contributed by atoms with Crippen molar-refractivity contribution in [3.05, 3.63) is 10.6 Å². The quantitative estimate of drug-likeness (QED) is 0.410. The van der Waals surface area contributed by atoms with Gasteiger partial charge in [0.05, 0.1) is 18.4 Å². The third-order valence-electron chi connectivity index (χ3n) is 2.78. The molecule has 0 bridgehead atoms. The van der Waals surface area contributed by atoms with Crippen LogP contribution in [0.15, 0.2) is 15.7 Å². The number of quaternary nitrogens is 1. The smallest absolute Gasteiger partial charge is 0.317 e.